The fraction of sp³-hybridized carbons (Fsp3) is 1.00. The van der Waals surface area contributed by atoms with Crippen molar-refractivity contribution in [1.29, 1.82) is 0 Å². The molecule has 2 atom stereocenters. The molecule has 0 saturated heterocycles. The second-order valence-electron chi connectivity index (χ2n) is 3.38. The fourth-order valence-corrected chi connectivity index (χ4v) is 1.12. The lowest BCUT2D eigenvalue weighted by Gasteiger charge is -2.13. The summed E-state index contributed by atoms with van der Waals surface area (Å²) in [6.07, 6.45) is 2.53. The topological polar surface area (TPSA) is 32.3 Å². The number of hydrogen-bond donors (Lipinski definition) is 2. The Morgan fingerprint density at radius 1 is 1.50 bits per heavy atom. The van der Waals surface area contributed by atoms with Gasteiger partial charge in [-0.2, -0.15) is 0 Å². The number of rotatable bonds is 4. The molecule has 1 fully saturated rings. The molecular formula is C8H17NO. The molecule has 0 radical (unpaired) electrons. The number of nitrogens with one attached hydrogen (secondary N) is 1. The van der Waals surface area contributed by atoms with Crippen LogP contribution in [0.5, 0.6) is 0 Å². The highest BCUT2D eigenvalue weighted by Gasteiger charge is 2.27. The van der Waals surface area contributed by atoms with Crippen LogP contribution in [0.1, 0.15) is 26.7 Å². The SMILES string of the molecule is C[C@@H](O)CN[C@H](C)C1CC1. The Morgan fingerprint density at radius 3 is 2.50 bits per heavy atom. The molecule has 2 nitrogen and oxygen atoms in total. The minimum atomic E-state index is -0.207. The van der Waals surface area contributed by atoms with Crippen LogP contribution in [-0.4, -0.2) is 23.8 Å². The van der Waals surface area contributed by atoms with Crippen LogP contribution in [0.2, 0.25) is 0 Å². The predicted octanol–water partition coefficient (Wildman–Crippen LogP) is 0.755. The maximum atomic E-state index is 8.94. The Hall–Kier alpha value is -0.0800. The molecule has 0 aromatic heterocycles. The van der Waals surface area contributed by atoms with Crippen LogP contribution in [0, 0.1) is 5.92 Å². The third-order valence-electron chi connectivity index (χ3n) is 2.06. The molecule has 2 heteroatoms. The summed E-state index contributed by atoms with van der Waals surface area (Å²) in [6.45, 7) is 4.74. The van der Waals surface area contributed by atoms with Crippen molar-refractivity contribution >= 4 is 0 Å². The molecular weight excluding hydrogens is 126 g/mol. The van der Waals surface area contributed by atoms with E-state index in [4.69, 9.17) is 5.11 Å². The van der Waals surface area contributed by atoms with E-state index >= 15 is 0 Å². The molecule has 10 heavy (non-hydrogen) atoms. The second-order valence-corrected chi connectivity index (χ2v) is 3.38. The maximum absolute atomic E-state index is 8.94. The molecule has 1 saturated carbocycles. The van der Waals surface area contributed by atoms with E-state index in [1.807, 2.05) is 6.92 Å². The van der Waals surface area contributed by atoms with Crippen molar-refractivity contribution in [2.24, 2.45) is 5.92 Å². The Kier molecular flexibility index (Phi) is 2.69. The minimum absolute atomic E-state index is 0.207. The minimum Gasteiger partial charge on any atom is -0.392 e. The Balaban J connectivity index is 2.00. The first kappa shape index (κ1) is 8.02. The molecule has 1 aliphatic carbocycles. The lowest BCUT2D eigenvalue weighted by molar-refractivity contribution is 0.185. The van der Waals surface area contributed by atoms with Gasteiger partial charge in [-0.25, -0.2) is 0 Å². The molecule has 0 aromatic carbocycles. The Bertz CT molecular complexity index is 99.4. The molecule has 0 aliphatic heterocycles. The Labute approximate surface area is 62.6 Å². The van der Waals surface area contributed by atoms with Crippen LogP contribution in [0.3, 0.4) is 0 Å². The van der Waals surface area contributed by atoms with Gasteiger partial charge in [-0.1, -0.05) is 0 Å². The van der Waals surface area contributed by atoms with Gasteiger partial charge in [0.1, 0.15) is 0 Å². The van der Waals surface area contributed by atoms with Gasteiger partial charge in [0.15, 0.2) is 0 Å². The zero-order chi connectivity index (χ0) is 7.56. The van der Waals surface area contributed by atoms with Crippen LogP contribution in [0.15, 0.2) is 0 Å². The van der Waals surface area contributed by atoms with E-state index in [0.717, 1.165) is 12.5 Å². The highest BCUT2D eigenvalue weighted by molar-refractivity contribution is 4.83. The normalized spacial score (nSPS) is 24.3. The molecule has 0 amide bonds. The van der Waals surface area contributed by atoms with Gasteiger partial charge in [0.25, 0.3) is 0 Å². The summed E-state index contributed by atoms with van der Waals surface area (Å²) in [5, 5.41) is 12.2. The second kappa shape index (κ2) is 3.35. The van der Waals surface area contributed by atoms with Gasteiger partial charge in [0.05, 0.1) is 6.10 Å². The standard InChI is InChI=1S/C8H17NO/c1-6(10)5-9-7(2)8-3-4-8/h6-10H,3-5H2,1-2H3/t6-,7-/m1/s1. The van der Waals surface area contributed by atoms with Crippen LogP contribution in [-0.2, 0) is 0 Å². The predicted molar refractivity (Wildman–Crippen MR) is 41.9 cm³/mol. The molecule has 1 rings (SSSR count). The molecule has 0 unspecified atom stereocenters. The third kappa shape index (κ3) is 2.67. The van der Waals surface area contributed by atoms with E-state index in [-0.39, 0.29) is 6.10 Å². The molecule has 60 valence electrons. The monoisotopic (exact) mass is 143 g/mol. The molecule has 0 spiro atoms. The van der Waals surface area contributed by atoms with Crippen LogP contribution in [0.4, 0.5) is 0 Å². The summed E-state index contributed by atoms with van der Waals surface area (Å²) in [4.78, 5) is 0. The molecule has 0 aromatic rings. The summed E-state index contributed by atoms with van der Waals surface area (Å²) in [7, 11) is 0. The molecule has 0 bridgehead atoms. The van der Waals surface area contributed by atoms with Crippen molar-refractivity contribution < 1.29 is 5.11 Å². The fourth-order valence-electron chi connectivity index (χ4n) is 1.12. The summed E-state index contributed by atoms with van der Waals surface area (Å²) < 4.78 is 0. The van der Waals surface area contributed by atoms with Crippen molar-refractivity contribution in [2.45, 2.75) is 38.8 Å². The highest BCUT2D eigenvalue weighted by Crippen LogP contribution is 2.32. The van der Waals surface area contributed by atoms with Crippen molar-refractivity contribution in [3.63, 3.8) is 0 Å². The van der Waals surface area contributed by atoms with Crippen molar-refractivity contribution in [3.8, 4) is 0 Å². The van der Waals surface area contributed by atoms with E-state index in [1.54, 1.807) is 0 Å². The molecule has 0 heterocycles. The smallest absolute Gasteiger partial charge is 0.0636 e. The lowest BCUT2D eigenvalue weighted by atomic mass is 10.2. The summed E-state index contributed by atoms with van der Waals surface area (Å²) in [5.41, 5.74) is 0. The number of aliphatic hydroxyl groups excluding tert-OH is 1. The lowest BCUT2D eigenvalue weighted by Crippen LogP contribution is -2.33. The van der Waals surface area contributed by atoms with Gasteiger partial charge in [0, 0.05) is 12.6 Å². The van der Waals surface area contributed by atoms with Crippen molar-refractivity contribution in [3.05, 3.63) is 0 Å². The van der Waals surface area contributed by atoms with Crippen LogP contribution >= 0.6 is 0 Å². The third-order valence-corrected chi connectivity index (χ3v) is 2.06. The molecule has 2 N–H and O–H groups in total. The van der Waals surface area contributed by atoms with Gasteiger partial charge in [-0.05, 0) is 32.6 Å². The van der Waals surface area contributed by atoms with Gasteiger partial charge in [-0.3, -0.25) is 0 Å². The highest BCUT2D eigenvalue weighted by atomic mass is 16.3. The first-order chi connectivity index (χ1) is 4.70. The largest absolute Gasteiger partial charge is 0.392 e. The zero-order valence-electron chi connectivity index (χ0n) is 6.80. The summed E-state index contributed by atoms with van der Waals surface area (Å²) in [6, 6.07) is 0.606. The molecule has 1 aliphatic rings. The first-order valence-electron chi connectivity index (χ1n) is 4.11. The van der Waals surface area contributed by atoms with Gasteiger partial charge >= 0.3 is 0 Å². The summed E-state index contributed by atoms with van der Waals surface area (Å²) in [5.74, 6) is 0.888. The van der Waals surface area contributed by atoms with Crippen LogP contribution < -0.4 is 5.32 Å². The van der Waals surface area contributed by atoms with Crippen molar-refractivity contribution in [1.82, 2.24) is 5.32 Å². The number of aliphatic hydroxyl groups is 1. The van der Waals surface area contributed by atoms with E-state index in [1.165, 1.54) is 12.8 Å². The van der Waals surface area contributed by atoms with Gasteiger partial charge < -0.3 is 10.4 Å². The number of hydrogen-bond acceptors (Lipinski definition) is 2. The van der Waals surface area contributed by atoms with Gasteiger partial charge in [-0.15, -0.1) is 0 Å². The van der Waals surface area contributed by atoms with E-state index in [9.17, 15) is 0 Å². The Morgan fingerprint density at radius 2 is 2.10 bits per heavy atom. The quantitative estimate of drug-likeness (QED) is 0.609. The van der Waals surface area contributed by atoms with Crippen molar-refractivity contribution in [2.75, 3.05) is 6.54 Å². The van der Waals surface area contributed by atoms with E-state index in [0.29, 0.717) is 6.04 Å². The maximum Gasteiger partial charge on any atom is 0.0636 e. The van der Waals surface area contributed by atoms with Gasteiger partial charge in [0.2, 0.25) is 0 Å². The average Bonchev–Trinajstić information content (AvgIpc) is 2.63. The van der Waals surface area contributed by atoms with E-state index in [2.05, 4.69) is 12.2 Å². The van der Waals surface area contributed by atoms with E-state index < -0.39 is 0 Å². The zero-order valence-corrected chi connectivity index (χ0v) is 6.80. The summed E-state index contributed by atoms with van der Waals surface area (Å²) >= 11 is 0. The first-order valence-corrected chi connectivity index (χ1v) is 4.11. The average molecular weight is 143 g/mol. The van der Waals surface area contributed by atoms with Crippen LogP contribution in [0.25, 0.3) is 0 Å².